The van der Waals surface area contributed by atoms with E-state index in [1.807, 2.05) is 13.8 Å². The SMILES string of the molecule is CCNC(=NCc1ccc(C)cc1C)NCCCOCC(F)(F)F. The predicted octanol–water partition coefficient (Wildman–Crippen LogP) is 3.33. The molecule has 2 N–H and O–H groups in total. The van der Waals surface area contributed by atoms with Crippen molar-refractivity contribution < 1.29 is 17.9 Å². The first-order valence-electron chi connectivity index (χ1n) is 8.04. The van der Waals surface area contributed by atoms with Crippen molar-refractivity contribution in [1.82, 2.24) is 10.6 Å². The summed E-state index contributed by atoms with van der Waals surface area (Å²) in [5.74, 6) is 0.647. The Morgan fingerprint density at radius 1 is 1.21 bits per heavy atom. The quantitative estimate of drug-likeness (QED) is 0.432. The normalized spacial score (nSPS) is 12.3. The zero-order valence-corrected chi connectivity index (χ0v) is 14.5. The van der Waals surface area contributed by atoms with Gasteiger partial charge in [0.15, 0.2) is 5.96 Å². The summed E-state index contributed by atoms with van der Waals surface area (Å²) in [6.07, 6.45) is -3.79. The molecule has 0 aliphatic heterocycles. The Balaban J connectivity index is 2.40. The van der Waals surface area contributed by atoms with Crippen molar-refractivity contribution in [3.05, 3.63) is 34.9 Å². The lowest BCUT2D eigenvalue weighted by atomic mass is 10.1. The highest BCUT2D eigenvalue weighted by Crippen LogP contribution is 2.14. The molecule has 1 aromatic rings. The van der Waals surface area contributed by atoms with Gasteiger partial charge in [0.25, 0.3) is 0 Å². The van der Waals surface area contributed by atoms with E-state index in [1.54, 1.807) is 0 Å². The molecule has 0 bridgehead atoms. The zero-order chi connectivity index (χ0) is 18.0. The Hall–Kier alpha value is -1.76. The molecule has 4 nitrogen and oxygen atoms in total. The van der Waals surface area contributed by atoms with Crippen LogP contribution in [-0.4, -0.2) is 38.4 Å². The topological polar surface area (TPSA) is 45.7 Å². The van der Waals surface area contributed by atoms with Crippen LogP contribution >= 0.6 is 0 Å². The van der Waals surface area contributed by atoms with Gasteiger partial charge >= 0.3 is 6.18 Å². The minimum Gasteiger partial charge on any atom is -0.372 e. The van der Waals surface area contributed by atoms with E-state index < -0.39 is 12.8 Å². The number of ether oxygens (including phenoxy) is 1. The number of nitrogens with one attached hydrogen (secondary N) is 2. The number of aryl methyl sites for hydroxylation is 2. The molecular formula is C17H26F3N3O. The van der Waals surface area contributed by atoms with Crippen LogP contribution in [0.15, 0.2) is 23.2 Å². The molecular weight excluding hydrogens is 319 g/mol. The summed E-state index contributed by atoms with van der Waals surface area (Å²) in [5.41, 5.74) is 3.55. The van der Waals surface area contributed by atoms with E-state index in [-0.39, 0.29) is 6.61 Å². The lowest BCUT2D eigenvalue weighted by Crippen LogP contribution is -2.38. The third-order valence-electron chi connectivity index (χ3n) is 3.27. The molecule has 0 saturated heterocycles. The Labute approximate surface area is 141 Å². The molecule has 136 valence electrons. The average molecular weight is 345 g/mol. The molecule has 0 atom stereocenters. The summed E-state index contributed by atoms with van der Waals surface area (Å²) >= 11 is 0. The summed E-state index contributed by atoms with van der Waals surface area (Å²) in [7, 11) is 0. The third-order valence-corrected chi connectivity index (χ3v) is 3.27. The van der Waals surface area contributed by atoms with Crippen molar-refractivity contribution in [3.8, 4) is 0 Å². The molecule has 0 amide bonds. The fourth-order valence-electron chi connectivity index (χ4n) is 2.10. The molecule has 0 aliphatic carbocycles. The standard InChI is InChI=1S/C17H26F3N3O/c1-4-21-16(22-8-5-9-24-12-17(18,19)20)23-11-15-7-6-13(2)10-14(15)3/h6-7,10H,4-5,8-9,11-12H2,1-3H3,(H2,21,22,23). The van der Waals surface area contributed by atoms with Crippen molar-refractivity contribution in [2.45, 2.75) is 39.9 Å². The molecule has 0 heterocycles. The van der Waals surface area contributed by atoms with E-state index in [4.69, 9.17) is 0 Å². The summed E-state index contributed by atoms with van der Waals surface area (Å²) in [6.45, 7) is 6.67. The van der Waals surface area contributed by atoms with Crippen LogP contribution < -0.4 is 10.6 Å². The van der Waals surface area contributed by atoms with E-state index in [1.165, 1.54) is 11.1 Å². The number of rotatable bonds is 8. The Bertz CT molecular complexity index is 530. The second-order valence-electron chi connectivity index (χ2n) is 5.57. The van der Waals surface area contributed by atoms with Crippen LogP contribution in [-0.2, 0) is 11.3 Å². The van der Waals surface area contributed by atoms with Gasteiger partial charge in [-0.25, -0.2) is 4.99 Å². The van der Waals surface area contributed by atoms with Crippen LogP contribution in [0.5, 0.6) is 0 Å². The van der Waals surface area contributed by atoms with Crippen molar-refractivity contribution in [2.24, 2.45) is 4.99 Å². The van der Waals surface area contributed by atoms with Gasteiger partial charge in [0.1, 0.15) is 6.61 Å². The number of aliphatic imine (C=N–C) groups is 1. The highest BCUT2D eigenvalue weighted by atomic mass is 19.4. The fraction of sp³-hybridized carbons (Fsp3) is 0.588. The van der Waals surface area contributed by atoms with Gasteiger partial charge in [0.05, 0.1) is 6.54 Å². The monoisotopic (exact) mass is 345 g/mol. The van der Waals surface area contributed by atoms with Crippen LogP contribution in [0.1, 0.15) is 30.0 Å². The van der Waals surface area contributed by atoms with Gasteiger partial charge < -0.3 is 15.4 Å². The number of guanidine groups is 1. The molecule has 7 heteroatoms. The second kappa shape index (κ2) is 10.2. The van der Waals surface area contributed by atoms with Gasteiger partial charge in [-0.05, 0) is 38.3 Å². The molecule has 0 unspecified atom stereocenters. The highest BCUT2D eigenvalue weighted by molar-refractivity contribution is 5.79. The molecule has 1 rings (SSSR count). The second-order valence-corrected chi connectivity index (χ2v) is 5.57. The number of hydrogen-bond donors (Lipinski definition) is 2. The molecule has 24 heavy (non-hydrogen) atoms. The molecule has 0 radical (unpaired) electrons. The lowest BCUT2D eigenvalue weighted by molar-refractivity contribution is -0.173. The van der Waals surface area contributed by atoms with E-state index in [0.29, 0.717) is 32.0 Å². The van der Waals surface area contributed by atoms with Gasteiger partial charge in [0, 0.05) is 19.7 Å². The number of alkyl halides is 3. The number of benzene rings is 1. The van der Waals surface area contributed by atoms with Crippen LogP contribution in [0.3, 0.4) is 0 Å². The average Bonchev–Trinajstić information content (AvgIpc) is 2.48. The maximum Gasteiger partial charge on any atom is 0.411 e. The third kappa shape index (κ3) is 8.76. The van der Waals surface area contributed by atoms with E-state index in [0.717, 1.165) is 5.56 Å². The first-order valence-corrected chi connectivity index (χ1v) is 8.04. The Morgan fingerprint density at radius 3 is 2.58 bits per heavy atom. The fourth-order valence-corrected chi connectivity index (χ4v) is 2.10. The summed E-state index contributed by atoms with van der Waals surface area (Å²) in [4.78, 5) is 4.50. The maximum absolute atomic E-state index is 11.9. The number of halogens is 3. The van der Waals surface area contributed by atoms with Gasteiger partial charge in [-0.2, -0.15) is 13.2 Å². The highest BCUT2D eigenvalue weighted by Gasteiger charge is 2.27. The molecule has 0 aliphatic rings. The molecule has 0 aromatic heterocycles. The molecule has 0 saturated carbocycles. The number of nitrogens with zero attached hydrogens (tertiary/aromatic N) is 1. The van der Waals surface area contributed by atoms with Gasteiger partial charge in [-0.3, -0.25) is 0 Å². The lowest BCUT2D eigenvalue weighted by Gasteiger charge is -2.12. The smallest absolute Gasteiger partial charge is 0.372 e. The van der Waals surface area contributed by atoms with Crippen LogP contribution in [0.4, 0.5) is 13.2 Å². The van der Waals surface area contributed by atoms with Gasteiger partial charge in [0.2, 0.25) is 0 Å². The summed E-state index contributed by atoms with van der Waals surface area (Å²) < 4.78 is 40.4. The van der Waals surface area contributed by atoms with Crippen LogP contribution in [0.2, 0.25) is 0 Å². The van der Waals surface area contributed by atoms with Crippen LogP contribution in [0, 0.1) is 13.8 Å². The van der Waals surface area contributed by atoms with Gasteiger partial charge in [-0.15, -0.1) is 0 Å². The number of hydrogen-bond acceptors (Lipinski definition) is 2. The molecule has 1 aromatic carbocycles. The predicted molar refractivity (Wildman–Crippen MR) is 90.2 cm³/mol. The van der Waals surface area contributed by atoms with E-state index >= 15 is 0 Å². The summed E-state index contributed by atoms with van der Waals surface area (Å²) in [6, 6.07) is 6.22. The minimum atomic E-state index is -4.27. The Kier molecular flexibility index (Phi) is 8.60. The molecule has 0 spiro atoms. The largest absolute Gasteiger partial charge is 0.411 e. The van der Waals surface area contributed by atoms with Crippen molar-refractivity contribution >= 4 is 5.96 Å². The van der Waals surface area contributed by atoms with Crippen molar-refractivity contribution in [2.75, 3.05) is 26.3 Å². The Morgan fingerprint density at radius 2 is 1.96 bits per heavy atom. The maximum atomic E-state index is 11.9. The first kappa shape index (κ1) is 20.3. The van der Waals surface area contributed by atoms with Crippen molar-refractivity contribution in [3.63, 3.8) is 0 Å². The van der Waals surface area contributed by atoms with Crippen LogP contribution in [0.25, 0.3) is 0 Å². The molecule has 0 fully saturated rings. The summed E-state index contributed by atoms with van der Waals surface area (Å²) in [5, 5.41) is 6.21. The van der Waals surface area contributed by atoms with E-state index in [9.17, 15) is 13.2 Å². The van der Waals surface area contributed by atoms with Crippen molar-refractivity contribution in [1.29, 1.82) is 0 Å². The van der Waals surface area contributed by atoms with Gasteiger partial charge in [-0.1, -0.05) is 23.8 Å². The van der Waals surface area contributed by atoms with E-state index in [2.05, 4.69) is 45.5 Å². The first-order chi connectivity index (χ1) is 11.3. The minimum absolute atomic E-state index is 0.0585. The zero-order valence-electron chi connectivity index (χ0n) is 14.5.